The molecule has 1 aromatic carbocycles. The molecule has 0 atom stereocenters. The van der Waals surface area contributed by atoms with Gasteiger partial charge in [-0.25, -0.2) is 9.97 Å². The van der Waals surface area contributed by atoms with Crippen molar-refractivity contribution in [2.75, 3.05) is 0 Å². The Morgan fingerprint density at radius 3 is 2.96 bits per heavy atom. The summed E-state index contributed by atoms with van der Waals surface area (Å²) in [6.45, 7) is 0. The van der Waals surface area contributed by atoms with Crippen LogP contribution >= 0.6 is 22.9 Å². The van der Waals surface area contributed by atoms with Gasteiger partial charge in [-0.1, -0.05) is 23.7 Å². The second-order valence-corrected chi connectivity index (χ2v) is 8.00. The lowest BCUT2D eigenvalue weighted by Crippen LogP contribution is -1.89. The highest BCUT2D eigenvalue weighted by atomic mass is 35.5. The summed E-state index contributed by atoms with van der Waals surface area (Å²) < 4.78 is 6.69. The topological polar surface area (TPSA) is 79.5 Å². The average Bonchev–Trinajstić information content (AvgIpc) is 3.43. The molecule has 5 rings (SSSR count). The minimum absolute atomic E-state index is 0.539. The Balaban J connectivity index is 1.36. The van der Waals surface area contributed by atoms with Crippen LogP contribution in [0.3, 0.4) is 0 Å². The van der Waals surface area contributed by atoms with Gasteiger partial charge in [0.05, 0.1) is 16.0 Å². The van der Waals surface area contributed by atoms with E-state index in [4.69, 9.17) is 16.3 Å². The third-order valence-electron chi connectivity index (χ3n) is 4.24. The third-order valence-corrected chi connectivity index (χ3v) is 5.47. The number of hydrogen-bond donors (Lipinski definition) is 2. The molecule has 4 aromatic heterocycles. The summed E-state index contributed by atoms with van der Waals surface area (Å²) in [5.74, 6) is 2.64. The molecule has 0 fully saturated rings. The molecule has 0 amide bonds. The molecule has 6 nitrogen and oxygen atoms in total. The molecule has 2 N–H and O–H groups in total. The van der Waals surface area contributed by atoms with Gasteiger partial charge in [-0.15, -0.1) is 11.3 Å². The Kier molecular flexibility index (Phi) is 4.31. The van der Waals surface area contributed by atoms with Crippen molar-refractivity contribution in [1.82, 2.24) is 25.1 Å². The van der Waals surface area contributed by atoms with E-state index in [2.05, 4.69) is 25.1 Å². The van der Waals surface area contributed by atoms with Gasteiger partial charge in [-0.05, 0) is 30.3 Å². The number of pyridine rings is 1. The maximum atomic E-state index is 5.99. The SMILES string of the molecule is Clc1ccc(Cc2n[nH]c(-c3cccc(Oc4cc5cc[nH]c5cn4)c3)n2)s1. The first-order valence-electron chi connectivity index (χ1n) is 8.60. The molecule has 8 heteroatoms. The third kappa shape index (κ3) is 3.49. The van der Waals surface area contributed by atoms with Crippen molar-refractivity contribution in [1.29, 1.82) is 0 Å². The van der Waals surface area contributed by atoms with Crippen LogP contribution in [0, 0.1) is 0 Å². The van der Waals surface area contributed by atoms with Gasteiger partial charge in [-0.2, -0.15) is 5.10 Å². The van der Waals surface area contributed by atoms with Crippen molar-refractivity contribution in [3.8, 4) is 23.0 Å². The van der Waals surface area contributed by atoms with Gasteiger partial charge in [0.15, 0.2) is 11.6 Å². The standard InChI is InChI=1S/C20H14ClN5OS/c21-17-5-4-15(28-17)10-18-24-20(26-25-18)13-2-1-3-14(8-13)27-19-9-12-6-7-22-16(12)11-23-19/h1-9,11,22H,10H2,(H,24,25,26). The fourth-order valence-corrected chi connectivity index (χ4v) is 4.01. The molecule has 5 aromatic rings. The smallest absolute Gasteiger partial charge is 0.219 e. The Morgan fingerprint density at radius 1 is 1.11 bits per heavy atom. The number of fused-ring (bicyclic) bond motifs is 1. The second-order valence-electron chi connectivity index (χ2n) is 6.20. The van der Waals surface area contributed by atoms with E-state index in [0.29, 0.717) is 23.9 Å². The Labute approximate surface area is 169 Å². The number of rotatable bonds is 5. The van der Waals surface area contributed by atoms with Crippen molar-refractivity contribution < 1.29 is 4.74 Å². The summed E-state index contributed by atoms with van der Waals surface area (Å²) in [6.07, 6.45) is 4.28. The highest BCUT2D eigenvalue weighted by Crippen LogP contribution is 2.27. The van der Waals surface area contributed by atoms with E-state index in [1.807, 2.05) is 54.7 Å². The van der Waals surface area contributed by atoms with Gasteiger partial charge in [0.1, 0.15) is 5.75 Å². The number of ether oxygens (including phenoxy) is 1. The highest BCUT2D eigenvalue weighted by molar-refractivity contribution is 7.16. The van der Waals surface area contributed by atoms with Crippen molar-refractivity contribution in [3.63, 3.8) is 0 Å². The minimum atomic E-state index is 0.539. The molecular formula is C20H14ClN5OS. The molecule has 0 unspecified atom stereocenters. The van der Waals surface area contributed by atoms with Crippen LogP contribution in [-0.2, 0) is 6.42 Å². The number of H-pyrrole nitrogens is 2. The van der Waals surface area contributed by atoms with Gasteiger partial charge >= 0.3 is 0 Å². The average molecular weight is 408 g/mol. The van der Waals surface area contributed by atoms with Gasteiger partial charge in [-0.3, -0.25) is 5.10 Å². The summed E-state index contributed by atoms with van der Waals surface area (Å²) in [4.78, 5) is 13.2. The van der Waals surface area contributed by atoms with Gasteiger partial charge < -0.3 is 9.72 Å². The second kappa shape index (κ2) is 7.10. The van der Waals surface area contributed by atoms with Crippen molar-refractivity contribution in [2.24, 2.45) is 0 Å². The summed E-state index contributed by atoms with van der Waals surface area (Å²) in [5.41, 5.74) is 1.87. The summed E-state index contributed by atoms with van der Waals surface area (Å²) in [5, 5.41) is 8.36. The number of halogens is 1. The lowest BCUT2D eigenvalue weighted by Gasteiger charge is -2.06. The molecule has 0 saturated carbocycles. The number of aromatic nitrogens is 5. The largest absolute Gasteiger partial charge is 0.439 e. The first-order chi connectivity index (χ1) is 13.7. The van der Waals surface area contributed by atoms with E-state index < -0.39 is 0 Å². The lowest BCUT2D eigenvalue weighted by atomic mass is 10.2. The number of aromatic amines is 2. The molecule has 0 aliphatic rings. The van der Waals surface area contributed by atoms with Crippen LogP contribution in [0.4, 0.5) is 0 Å². The highest BCUT2D eigenvalue weighted by Gasteiger charge is 2.10. The zero-order valence-corrected chi connectivity index (χ0v) is 16.1. The number of benzene rings is 1. The van der Waals surface area contributed by atoms with Gasteiger partial charge in [0.2, 0.25) is 5.88 Å². The van der Waals surface area contributed by atoms with Crippen LogP contribution < -0.4 is 4.74 Å². The van der Waals surface area contributed by atoms with E-state index in [1.165, 1.54) is 11.3 Å². The first-order valence-corrected chi connectivity index (χ1v) is 9.79. The van der Waals surface area contributed by atoms with Crippen molar-refractivity contribution in [3.05, 3.63) is 76.0 Å². The number of nitrogens with zero attached hydrogens (tertiary/aromatic N) is 3. The predicted molar refractivity (Wildman–Crippen MR) is 110 cm³/mol. The fourth-order valence-electron chi connectivity index (χ4n) is 2.92. The van der Waals surface area contributed by atoms with E-state index in [1.54, 1.807) is 6.20 Å². The Hall–Kier alpha value is -3.16. The minimum Gasteiger partial charge on any atom is -0.439 e. The monoisotopic (exact) mass is 407 g/mol. The molecule has 28 heavy (non-hydrogen) atoms. The molecular weight excluding hydrogens is 394 g/mol. The van der Waals surface area contributed by atoms with Crippen LogP contribution in [0.1, 0.15) is 10.7 Å². The number of thiophene rings is 1. The molecule has 0 bridgehead atoms. The van der Waals surface area contributed by atoms with Crippen LogP contribution in [0.25, 0.3) is 22.3 Å². The number of hydrogen-bond acceptors (Lipinski definition) is 5. The van der Waals surface area contributed by atoms with Crippen molar-refractivity contribution in [2.45, 2.75) is 6.42 Å². The van der Waals surface area contributed by atoms with E-state index in [9.17, 15) is 0 Å². The van der Waals surface area contributed by atoms with Gasteiger partial charge in [0, 0.05) is 34.5 Å². The zero-order chi connectivity index (χ0) is 18.9. The van der Waals surface area contributed by atoms with E-state index >= 15 is 0 Å². The summed E-state index contributed by atoms with van der Waals surface area (Å²) in [6, 6.07) is 15.4. The van der Waals surface area contributed by atoms with Gasteiger partial charge in [0.25, 0.3) is 0 Å². The summed E-state index contributed by atoms with van der Waals surface area (Å²) in [7, 11) is 0. The molecule has 4 heterocycles. The predicted octanol–water partition coefficient (Wildman–Crippen LogP) is 5.45. The normalized spacial score (nSPS) is 11.2. The molecule has 0 aliphatic carbocycles. The van der Waals surface area contributed by atoms with E-state index in [0.717, 1.165) is 31.5 Å². The zero-order valence-electron chi connectivity index (χ0n) is 14.5. The van der Waals surface area contributed by atoms with E-state index in [-0.39, 0.29) is 0 Å². The lowest BCUT2D eigenvalue weighted by molar-refractivity contribution is 0.464. The molecule has 138 valence electrons. The van der Waals surface area contributed by atoms with Crippen LogP contribution in [0.5, 0.6) is 11.6 Å². The maximum absolute atomic E-state index is 5.99. The molecule has 0 aliphatic heterocycles. The molecule has 0 radical (unpaired) electrons. The molecule has 0 saturated heterocycles. The Bertz CT molecular complexity index is 1260. The Morgan fingerprint density at radius 2 is 2.07 bits per heavy atom. The first kappa shape index (κ1) is 17.0. The van der Waals surface area contributed by atoms with Crippen LogP contribution in [0.2, 0.25) is 4.34 Å². The van der Waals surface area contributed by atoms with Crippen LogP contribution in [-0.4, -0.2) is 25.1 Å². The quantitative estimate of drug-likeness (QED) is 0.406. The van der Waals surface area contributed by atoms with Crippen LogP contribution in [0.15, 0.2) is 60.9 Å². The number of nitrogens with one attached hydrogen (secondary N) is 2. The molecule has 0 spiro atoms. The maximum Gasteiger partial charge on any atom is 0.219 e. The fraction of sp³-hybridized carbons (Fsp3) is 0.0500. The summed E-state index contributed by atoms with van der Waals surface area (Å²) >= 11 is 7.52. The van der Waals surface area contributed by atoms with Crippen molar-refractivity contribution >= 4 is 33.8 Å².